The van der Waals surface area contributed by atoms with E-state index in [9.17, 15) is 0 Å². The molecule has 2 atom stereocenters. The Morgan fingerprint density at radius 2 is 1.80 bits per heavy atom. The number of hydrogen-bond acceptors (Lipinski definition) is 2. The fraction of sp³-hybridized carbons (Fsp3) is 1.00. The van der Waals surface area contributed by atoms with Gasteiger partial charge >= 0.3 is 0 Å². The molecule has 2 heteroatoms. The van der Waals surface area contributed by atoms with Gasteiger partial charge in [0.1, 0.15) is 0 Å². The SMILES string of the molecule is CCC1CCCC(CN)(N2CCCC(C)(C)CC2)CC1. The molecule has 2 nitrogen and oxygen atoms in total. The van der Waals surface area contributed by atoms with Crippen LogP contribution >= 0.6 is 0 Å². The molecule has 2 aliphatic rings. The zero-order valence-electron chi connectivity index (χ0n) is 14.1. The van der Waals surface area contributed by atoms with Crippen molar-refractivity contribution in [3.8, 4) is 0 Å². The smallest absolute Gasteiger partial charge is 0.0331 e. The van der Waals surface area contributed by atoms with E-state index in [0.717, 1.165) is 12.5 Å². The van der Waals surface area contributed by atoms with Crippen LogP contribution < -0.4 is 5.73 Å². The van der Waals surface area contributed by atoms with Gasteiger partial charge in [-0.3, -0.25) is 4.90 Å². The van der Waals surface area contributed by atoms with Gasteiger partial charge in [0, 0.05) is 12.1 Å². The zero-order chi connectivity index (χ0) is 14.6. The van der Waals surface area contributed by atoms with E-state index in [1.165, 1.54) is 70.9 Å². The molecule has 1 heterocycles. The van der Waals surface area contributed by atoms with Crippen molar-refractivity contribution in [2.24, 2.45) is 17.1 Å². The molecule has 0 aromatic rings. The standard InChI is InChI=1S/C18H36N2/c1-4-16-7-5-10-18(15-19,11-8-16)20-13-6-9-17(2,3)12-14-20/h16H,4-15,19H2,1-3H3. The number of likely N-dealkylation sites (tertiary alicyclic amines) is 1. The molecule has 1 aliphatic heterocycles. The summed E-state index contributed by atoms with van der Waals surface area (Å²) in [5.74, 6) is 0.951. The number of hydrogen-bond donors (Lipinski definition) is 1. The maximum atomic E-state index is 6.30. The summed E-state index contributed by atoms with van der Waals surface area (Å²) in [6.45, 7) is 10.6. The lowest BCUT2D eigenvalue weighted by molar-refractivity contribution is 0.0773. The summed E-state index contributed by atoms with van der Waals surface area (Å²) in [4.78, 5) is 2.79. The molecule has 2 rings (SSSR count). The Balaban J connectivity index is 2.06. The Bertz CT molecular complexity index is 300. The van der Waals surface area contributed by atoms with Gasteiger partial charge < -0.3 is 5.73 Å². The minimum Gasteiger partial charge on any atom is -0.329 e. The van der Waals surface area contributed by atoms with Gasteiger partial charge in [-0.1, -0.05) is 40.0 Å². The van der Waals surface area contributed by atoms with E-state index in [4.69, 9.17) is 5.73 Å². The van der Waals surface area contributed by atoms with Crippen LogP contribution in [0.1, 0.15) is 78.6 Å². The van der Waals surface area contributed by atoms with Crippen LogP contribution in [0.3, 0.4) is 0 Å². The van der Waals surface area contributed by atoms with Crippen molar-refractivity contribution >= 4 is 0 Å². The summed E-state index contributed by atoms with van der Waals surface area (Å²) in [6.07, 6.45) is 12.3. The fourth-order valence-corrected chi connectivity index (χ4v) is 4.42. The molecule has 0 aromatic heterocycles. The highest BCUT2D eigenvalue weighted by atomic mass is 15.2. The van der Waals surface area contributed by atoms with E-state index in [0.29, 0.717) is 11.0 Å². The fourth-order valence-electron chi connectivity index (χ4n) is 4.42. The lowest BCUT2D eigenvalue weighted by atomic mass is 9.85. The van der Waals surface area contributed by atoms with Crippen molar-refractivity contribution in [1.29, 1.82) is 0 Å². The highest BCUT2D eigenvalue weighted by Crippen LogP contribution is 2.39. The molecule has 0 radical (unpaired) electrons. The maximum absolute atomic E-state index is 6.30. The predicted octanol–water partition coefficient (Wildman–Crippen LogP) is 4.19. The second-order valence-corrected chi connectivity index (χ2v) is 8.14. The molecule has 2 N–H and O–H groups in total. The summed E-state index contributed by atoms with van der Waals surface area (Å²) in [5.41, 5.74) is 7.16. The van der Waals surface area contributed by atoms with Crippen molar-refractivity contribution < 1.29 is 0 Å². The monoisotopic (exact) mass is 280 g/mol. The molecular formula is C18H36N2. The van der Waals surface area contributed by atoms with Crippen molar-refractivity contribution in [2.45, 2.75) is 84.1 Å². The summed E-state index contributed by atoms with van der Waals surface area (Å²) >= 11 is 0. The molecule has 2 fully saturated rings. The third kappa shape index (κ3) is 3.76. The first kappa shape index (κ1) is 16.3. The Morgan fingerprint density at radius 1 is 1.00 bits per heavy atom. The Hall–Kier alpha value is -0.0800. The molecule has 20 heavy (non-hydrogen) atoms. The Labute approximate surface area is 126 Å². The third-order valence-electron chi connectivity index (χ3n) is 6.24. The largest absolute Gasteiger partial charge is 0.329 e. The first-order valence-electron chi connectivity index (χ1n) is 8.96. The van der Waals surface area contributed by atoms with E-state index in [1.807, 2.05) is 0 Å². The molecule has 0 aromatic carbocycles. The first-order chi connectivity index (χ1) is 9.51. The second-order valence-electron chi connectivity index (χ2n) is 8.14. The zero-order valence-corrected chi connectivity index (χ0v) is 14.1. The van der Waals surface area contributed by atoms with Crippen molar-refractivity contribution in [3.63, 3.8) is 0 Å². The van der Waals surface area contributed by atoms with Gasteiger partial charge in [0.05, 0.1) is 0 Å². The van der Waals surface area contributed by atoms with Crippen LogP contribution in [-0.2, 0) is 0 Å². The average Bonchev–Trinajstić information content (AvgIpc) is 2.75. The molecule has 1 saturated heterocycles. The second kappa shape index (κ2) is 6.79. The van der Waals surface area contributed by atoms with Crippen LogP contribution in [0.4, 0.5) is 0 Å². The van der Waals surface area contributed by atoms with Crippen molar-refractivity contribution in [1.82, 2.24) is 4.90 Å². The summed E-state index contributed by atoms with van der Waals surface area (Å²) in [7, 11) is 0. The van der Waals surface area contributed by atoms with Gasteiger partial charge in [0.2, 0.25) is 0 Å². The van der Waals surface area contributed by atoms with Crippen LogP contribution in [0, 0.1) is 11.3 Å². The van der Waals surface area contributed by atoms with E-state index in [-0.39, 0.29) is 0 Å². The third-order valence-corrected chi connectivity index (χ3v) is 6.24. The van der Waals surface area contributed by atoms with Crippen molar-refractivity contribution in [2.75, 3.05) is 19.6 Å². The van der Waals surface area contributed by atoms with E-state index < -0.39 is 0 Å². The first-order valence-corrected chi connectivity index (χ1v) is 8.96. The predicted molar refractivity (Wildman–Crippen MR) is 87.9 cm³/mol. The van der Waals surface area contributed by atoms with Crippen molar-refractivity contribution in [3.05, 3.63) is 0 Å². The van der Waals surface area contributed by atoms with Gasteiger partial charge in [-0.2, -0.15) is 0 Å². The highest BCUT2D eigenvalue weighted by molar-refractivity contribution is 4.95. The molecule has 0 spiro atoms. The lowest BCUT2D eigenvalue weighted by Crippen LogP contribution is -2.54. The Kier molecular flexibility index (Phi) is 5.53. The molecule has 0 bridgehead atoms. The minimum absolute atomic E-state index is 0.324. The highest BCUT2D eigenvalue weighted by Gasteiger charge is 2.38. The maximum Gasteiger partial charge on any atom is 0.0331 e. The number of rotatable bonds is 3. The quantitative estimate of drug-likeness (QED) is 0.786. The van der Waals surface area contributed by atoms with E-state index >= 15 is 0 Å². The topological polar surface area (TPSA) is 29.3 Å². The minimum atomic E-state index is 0.324. The van der Waals surface area contributed by atoms with Gasteiger partial charge in [0.15, 0.2) is 0 Å². The number of nitrogens with zero attached hydrogens (tertiary/aromatic N) is 1. The van der Waals surface area contributed by atoms with E-state index in [1.54, 1.807) is 0 Å². The van der Waals surface area contributed by atoms with E-state index in [2.05, 4.69) is 25.7 Å². The van der Waals surface area contributed by atoms with Gasteiger partial charge in [-0.25, -0.2) is 0 Å². The van der Waals surface area contributed by atoms with Crippen LogP contribution in [-0.4, -0.2) is 30.1 Å². The molecular weight excluding hydrogens is 244 g/mol. The molecule has 2 unspecified atom stereocenters. The van der Waals surface area contributed by atoms with Crippen LogP contribution in [0.2, 0.25) is 0 Å². The summed E-state index contributed by atoms with van der Waals surface area (Å²) < 4.78 is 0. The average molecular weight is 280 g/mol. The Morgan fingerprint density at radius 3 is 2.50 bits per heavy atom. The van der Waals surface area contributed by atoms with Crippen LogP contribution in [0.15, 0.2) is 0 Å². The van der Waals surface area contributed by atoms with Gasteiger partial charge in [-0.15, -0.1) is 0 Å². The number of nitrogens with two attached hydrogens (primary N) is 1. The molecule has 1 saturated carbocycles. The van der Waals surface area contributed by atoms with Gasteiger partial charge in [-0.05, 0) is 62.9 Å². The van der Waals surface area contributed by atoms with Crippen LogP contribution in [0.5, 0.6) is 0 Å². The van der Waals surface area contributed by atoms with Crippen LogP contribution in [0.25, 0.3) is 0 Å². The normalized spacial score (nSPS) is 36.3. The lowest BCUT2D eigenvalue weighted by Gasteiger charge is -2.43. The molecule has 118 valence electrons. The summed E-state index contributed by atoms with van der Waals surface area (Å²) in [6, 6.07) is 0. The molecule has 0 amide bonds. The molecule has 1 aliphatic carbocycles. The summed E-state index contributed by atoms with van der Waals surface area (Å²) in [5, 5.41) is 0. The van der Waals surface area contributed by atoms with Gasteiger partial charge in [0.25, 0.3) is 0 Å².